The van der Waals surface area contributed by atoms with E-state index in [9.17, 15) is 4.79 Å². The molecule has 0 heterocycles. The van der Waals surface area contributed by atoms with Gasteiger partial charge < -0.3 is 15.5 Å². The molecular weight excluding hydrogens is 117 g/mol. The second-order valence-electron chi connectivity index (χ2n) is 0.887. The summed E-state index contributed by atoms with van der Waals surface area (Å²) in [6, 6.07) is 0. The van der Waals surface area contributed by atoms with Crippen LogP contribution in [0, 0.1) is 0 Å². The SMILES string of the molecule is NCC(=O)P(O)O. The van der Waals surface area contributed by atoms with Gasteiger partial charge in [-0.1, -0.05) is 0 Å². The van der Waals surface area contributed by atoms with Crippen LogP contribution in [0.1, 0.15) is 0 Å². The monoisotopic (exact) mass is 123 g/mol. The second kappa shape index (κ2) is 3.04. The summed E-state index contributed by atoms with van der Waals surface area (Å²) < 4.78 is 0. The molecule has 0 fully saturated rings. The Morgan fingerprint density at radius 1 is 1.71 bits per heavy atom. The lowest BCUT2D eigenvalue weighted by Crippen LogP contribution is -2.10. The summed E-state index contributed by atoms with van der Waals surface area (Å²) in [4.78, 5) is 25.9. The summed E-state index contributed by atoms with van der Waals surface area (Å²) in [6.07, 6.45) is 0. The fourth-order valence-corrected chi connectivity index (χ4v) is 0.245. The second-order valence-corrected chi connectivity index (χ2v) is 1.96. The predicted molar refractivity (Wildman–Crippen MR) is 25.4 cm³/mol. The van der Waals surface area contributed by atoms with Gasteiger partial charge in [-0.15, -0.1) is 0 Å². The molecule has 0 spiro atoms. The zero-order valence-corrected chi connectivity index (χ0v) is 4.43. The Balaban J connectivity index is 3.35. The highest BCUT2D eigenvalue weighted by Gasteiger charge is 2.07. The lowest BCUT2D eigenvalue weighted by Gasteiger charge is -1.93. The zero-order chi connectivity index (χ0) is 5.86. The highest BCUT2D eigenvalue weighted by Crippen LogP contribution is 2.22. The molecule has 0 amide bonds. The number of hydrogen-bond donors (Lipinski definition) is 3. The number of hydrogen-bond acceptors (Lipinski definition) is 4. The first kappa shape index (κ1) is 6.98. The van der Waals surface area contributed by atoms with E-state index in [1.807, 2.05) is 0 Å². The van der Waals surface area contributed by atoms with Gasteiger partial charge in [0.25, 0.3) is 0 Å². The van der Waals surface area contributed by atoms with Crippen LogP contribution in [0.3, 0.4) is 0 Å². The lowest BCUT2D eigenvalue weighted by molar-refractivity contribution is -0.111. The van der Waals surface area contributed by atoms with Crippen molar-refractivity contribution in [2.75, 3.05) is 6.54 Å². The van der Waals surface area contributed by atoms with Crippen LogP contribution in [0.2, 0.25) is 0 Å². The highest BCUT2D eigenvalue weighted by atomic mass is 31.2. The number of rotatable bonds is 2. The minimum absolute atomic E-state index is 0.293. The molecule has 0 radical (unpaired) electrons. The Labute approximate surface area is 41.9 Å². The van der Waals surface area contributed by atoms with Crippen LogP contribution in [-0.2, 0) is 4.79 Å². The standard InChI is InChI=1S/C2H6NO3P/c3-1-2(4)7(5)6/h5-6H,1,3H2. The van der Waals surface area contributed by atoms with Gasteiger partial charge in [0.05, 0.1) is 6.54 Å². The quantitative estimate of drug-likeness (QED) is 0.401. The number of carbonyl (C=O) groups excluding carboxylic acids is 1. The molecule has 7 heavy (non-hydrogen) atoms. The molecule has 0 aromatic heterocycles. The van der Waals surface area contributed by atoms with Crippen molar-refractivity contribution in [3.05, 3.63) is 0 Å². The first-order valence-electron chi connectivity index (χ1n) is 1.59. The summed E-state index contributed by atoms with van der Waals surface area (Å²) in [5.41, 5.74) is 4.02. The third-order valence-electron chi connectivity index (χ3n) is 0.398. The van der Waals surface area contributed by atoms with E-state index in [4.69, 9.17) is 15.5 Å². The van der Waals surface area contributed by atoms with Gasteiger partial charge in [-0.3, -0.25) is 4.79 Å². The van der Waals surface area contributed by atoms with E-state index in [1.54, 1.807) is 0 Å². The molecule has 0 bridgehead atoms. The van der Waals surface area contributed by atoms with Crippen molar-refractivity contribution in [1.29, 1.82) is 0 Å². The van der Waals surface area contributed by atoms with E-state index >= 15 is 0 Å². The Morgan fingerprint density at radius 2 is 2.14 bits per heavy atom. The maximum absolute atomic E-state index is 9.92. The summed E-state index contributed by atoms with van der Waals surface area (Å²) in [7, 11) is -2.43. The van der Waals surface area contributed by atoms with Gasteiger partial charge in [-0.2, -0.15) is 0 Å². The maximum atomic E-state index is 9.92. The summed E-state index contributed by atoms with van der Waals surface area (Å²) in [5, 5.41) is 0. The van der Waals surface area contributed by atoms with Crippen LogP contribution in [0.5, 0.6) is 0 Å². The van der Waals surface area contributed by atoms with Gasteiger partial charge in [-0.25, -0.2) is 0 Å². The van der Waals surface area contributed by atoms with E-state index in [2.05, 4.69) is 0 Å². The van der Waals surface area contributed by atoms with Crippen LogP contribution in [-0.4, -0.2) is 21.9 Å². The minimum atomic E-state index is -2.43. The predicted octanol–water partition coefficient (Wildman–Crippen LogP) is -1.23. The number of nitrogens with two attached hydrogens (primary N) is 1. The third kappa shape index (κ3) is 2.65. The number of carbonyl (C=O) groups is 1. The highest BCUT2D eigenvalue weighted by molar-refractivity contribution is 7.64. The molecule has 4 nitrogen and oxygen atoms in total. The molecule has 0 aromatic rings. The van der Waals surface area contributed by atoms with Crippen molar-refractivity contribution >= 4 is 13.9 Å². The Kier molecular flexibility index (Phi) is 3.04. The molecule has 0 aliphatic carbocycles. The molecule has 0 atom stereocenters. The zero-order valence-electron chi connectivity index (χ0n) is 3.53. The van der Waals surface area contributed by atoms with Crippen molar-refractivity contribution in [3.63, 3.8) is 0 Å². The molecule has 5 heteroatoms. The van der Waals surface area contributed by atoms with E-state index in [0.717, 1.165) is 0 Å². The smallest absolute Gasteiger partial charge is 0.239 e. The van der Waals surface area contributed by atoms with Crippen molar-refractivity contribution in [1.82, 2.24) is 0 Å². The van der Waals surface area contributed by atoms with Gasteiger partial charge in [0.2, 0.25) is 13.9 Å². The fraction of sp³-hybridized carbons (Fsp3) is 0.500. The molecule has 4 N–H and O–H groups in total. The van der Waals surface area contributed by atoms with E-state index in [0.29, 0.717) is 0 Å². The van der Waals surface area contributed by atoms with Gasteiger partial charge >= 0.3 is 0 Å². The Morgan fingerprint density at radius 3 is 2.14 bits per heavy atom. The topological polar surface area (TPSA) is 83.6 Å². The van der Waals surface area contributed by atoms with Crippen molar-refractivity contribution in [2.24, 2.45) is 5.73 Å². The van der Waals surface area contributed by atoms with Crippen LogP contribution in [0.15, 0.2) is 0 Å². The maximum Gasteiger partial charge on any atom is 0.239 e. The molecule has 0 saturated heterocycles. The van der Waals surface area contributed by atoms with Crippen LogP contribution >= 0.6 is 8.38 Å². The van der Waals surface area contributed by atoms with E-state index in [1.165, 1.54) is 0 Å². The Hall–Kier alpha value is -0.0200. The van der Waals surface area contributed by atoms with Gasteiger partial charge in [-0.05, 0) is 0 Å². The van der Waals surface area contributed by atoms with Crippen molar-refractivity contribution in [3.8, 4) is 0 Å². The average Bonchev–Trinajstić information content (AvgIpc) is 1.65. The molecule has 0 rings (SSSR count). The van der Waals surface area contributed by atoms with Crippen LogP contribution in [0.25, 0.3) is 0 Å². The van der Waals surface area contributed by atoms with Crippen LogP contribution in [0.4, 0.5) is 0 Å². The molecule has 0 saturated carbocycles. The molecule has 0 aliphatic heterocycles. The summed E-state index contributed by atoms with van der Waals surface area (Å²) in [5.74, 6) is 0. The summed E-state index contributed by atoms with van der Waals surface area (Å²) >= 11 is 0. The minimum Gasteiger partial charge on any atom is -0.345 e. The van der Waals surface area contributed by atoms with Crippen molar-refractivity contribution < 1.29 is 14.6 Å². The van der Waals surface area contributed by atoms with Crippen molar-refractivity contribution in [2.45, 2.75) is 0 Å². The first-order valence-corrected chi connectivity index (χ1v) is 2.84. The molecule has 0 unspecified atom stereocenters. The average molecular weight is 123 g/mol. The first-order chi connectivity index (χ1) is 3.18. The van der Waals surface area contributed by atoms with Crippen LogP contribution < -0.4 is 5.73 Å². The third-order valence-corrected chi connectivity index (χ3v) is 1.03. The normalized spacial score (nSPS) is 9.71. The van der Waals surface area contributed by atoms with Gasteiger partial charge in [0.15, 0.2) is 0 Å². The summed E-state index contributed by atoms with van der Waals surface area (Å²) in [6.45, 7) is -0.293. The molecule has 0 aliphatic rings. The molecular formula is C2H6NO3P. The Bertz CT molecular complexity index is 73.3. The lowest BCUT2D eigenvalue weighted by atomic mass is 10.8. The van der Waals surface area contributed by atoms with Gasteiger partial charge in [0, 0.05) is 0 Å². The molecule has 0 aromatic carbocycles. The van der Waals surface area contributed by atoms with Gasteiger partial charge in [0.1, 0.15) is 0 Å². The van der Waals surface area contributed by atoms with E-state index < -0.39 is 13.9 Å². The molecule has 42 valence electrons. The van der Waals surface area contributed by atoms with E-state index in [-0.39, 0.29) is 6.54 Å². The fourth-order valence-electron chi connectivity index (χ4n) is 0.0816. The largest absolute Gasteiger partial charge is 0.345 e.